The van der Waals surface area contributed by atoms with Gasteiger partial charge in [0.1, 0.15) is 0 Å². The molecular formula is C7H13F2NO2S. The maximum absolute atomic E-state index is 12.3. The standard InChI is InChI=1S/C7H13F2NO2S/c1-5(2)13(11,12)10-6-3-7(8,9)4-6/h5-6,10H,3-4H2,1-2H3. The van der Waals surface area contributed by atoms with E-state index in [0.29, 0.717) is 0 Å². The summed E-state index contributed by atoms with van der Waals surface area (Å²) >= 11 is 0. The Morgan fingerprint density at radius 1 is 1.38 bits per heavy atom. The van der Waals surface area contributed by atoms with Crippen LogP contribution in [0.1, 0.15) is 26.7 Å². The summed E-state index contributed by atoms with van der Waals surface area (Å²) in [4.78, 5) is 0. The third-order valence-electron chi connectivity index (χ3n) is 2.04. The van der Waals surface area contributed by atoms with Gasteiger partial charge >= 0.3 is 0 Å². The van der Waals surface area contributed by atoms with Crippen molar-refractivity contribution in [2.24, 2.45) is 0 Å². The fourth-order valence-corrected chi connectivity index (χ4v) is 2.02. The average molecular weight is 213 g/mol. The number of halogens is 2. The highest BCUT2D eigenvalue weighted by atomic mass is 32.2. The van der Waals surface area contributed by atoms with Crippen LogP contribution < -0.4 is 4.72 Å². The van der Waals surface area contributed by atoms with Crippen molar-refractivity contribution in [3.63, 3.8) is 0 Å². The van der Waals surface area contributed by atoms with Crippen molar-refractivity contribution >= 4 is 10.0 Å². The summed E-state index contributed by atoms with van der Waals surface area (Å²) < 4.78 is 49.3. The van der Waals surface area contributed by atoms with E-state index >= 15 is 0 Å². The van der Waals surface area contributed by atoms with E-state index in [2.05, 4.69) is 4.72 Å². The molecule has 1 rings (SSSR count). The molecule has 0 aromatic carbocycles. The van der Waals surface area contributed by atoms with Crippen LogP contribution in [0.15, 0.2) is 0 Å². The molecule has 0 aromatic heterocycles. The van der Waals surface area contributed by atoms with Gasteiger partial charge in [0, 0.05) is 18.9 Å². The summed E-state index contributed by atoms with van der Waals surface area (Å²) in [7, 11) is -3.39. The van der Waals surface area contributed by atoms with Gasteiger partial charge in [-0.05, 0) is 13.8 Å². The van der Waals surface area contributed by atoms with Crippen molar-refractivity contribution in [3.8, 4) is 0 Å². The van der Waals surface area contributed by atoms with Crippen LogP contribution in [0, 0.1) is 0 Å². The van der Waals surface area contributed by atoms with Crippen LogP contribution in [-0.2, 0) is 10.0 Å². The molecule has 0 aliphatic heterocycles. The molecule has 0 spiro atoms. The van der Waals surface area contributed by atoms with Gasteiger partial charge < -0.3 is 0 Å². The molecule has 1 aliphatic carbocycles. The second-order valence-corrected chi connectivity index (χ2v) is 5.94. The number of hydrogen-bond acceptors (Lipinski definition) is 2. The molecule has 3 nitrogen and oxygen atoms in total. The largest absolute Gasteiger partial charge is 0.251 e. The molecular weight excluding hydrogens is 200 g/mol. The van der Waals surface area contributed by atoms with E-state index in [-0.39, 0.29) is 12.8 Å². The Morgan fingerprint density at radius 2 is 1.85 bits per heavy atom. The minimum Gasteiger partial charge on any atom is -0.212 e. The lowest BCUT2D eigenvalue weighted by molar-refractivity contribution is -0.0877. The predicted molar refractivity (Wildman–Crippen MR) is 45.2 cm³/mol. The lowest BCUT2D eigenvalue weighted by Gasteiger charge is -2.35. The molecule has 0 amide bonds. The first-order valence-corrected chi connectivity index (χ1v) is 5.66. The first kappa shape index (κ1) is 10.8. The smallest absolute Gasteiger partial charge is 0.212 e. The summed E-state index contributed by atoms with van der Waals surface area (Å²) in [6.07, 6.45) is -0.752. The van der Waals surface area contributed by atoms with Crippen LogP contribution in [0.2, 0.25) is 0 Å². The van der Waals surface area contributed by atoms with Gasteiger partial charge in [0.05, 0.1) is 5.25 Å². The molecule has 0 unspecified atom stereocenters. The average Bonchev–Trinajstić information content (AvgIpc) is 1.81. The van der Waals surface area contributed by atoms with E-state index < -0.39 is 27.2 Å². The van der Waals surface area contributed by atoms with Gasteiger partial charge in [-0.25, -0.2) is 21.9 Å². The highest BCUT2D eigenvalue weighted by Gasteiger charge is 2.46. The first-order chi connectivity index (χ1) is 5.73. The topological polar surface area (TPSA) is 46.2 Å². The fraction of sp³-hybridized carbons (Fsp3) is 1.00. The van der Waals surface area contributed by atoms with E-state index in [1.54, 1.807) is 0 Å². The quantitative estimate of drug-likeness (QED) is 0.763. The van der Waals surface area contributed by atoms with Crippen molar-refractivity contribution in [1.29, 1.82) is 0 Å². The van der Waals surface area contributed by atoms with Gasteiger partial charge in [0.25, 0.3) is 5.92 Å². The predicted octanol–water partition coefficient (Wildman–Crippen LogP) is 1.11. The van der Waals surface area contributed by atoms with Crippen molar-refractivity contribution in [3.05, 3.63) is 0 Å². The van der Waals surface area contributed by atoms with Gasteiger partial charge in [-0.15, -0.1) is 0 Å². The number of alkyl halides is 2. The van der Waals surface area contributed by atoms with Crippen LogP contribution in [0.4, 0.5) is 8.78 Å². The molecule has 1 fully saturated rings. The Bertz CT molecular complexity index is 279. The highest BCUT2D eigenvalue weighted by molar-refractivity contribution is 7.90. The van der Waals surface area contributed by atoms with Crippen LogP contribution in [0.25, 0.3) is 0 Å². The Kier molecular flexibility index (Phi) is 2.64. The Balaban J connectivity index is 2.45. The van der Waals surface area contributed by atoms with Gasteiger partial charge in [-0.2, -0.15) is 0 Å². The van der Waals surface area contributed by atoms with Gasteiger partial charge in [-0.1, -0.05) is 0 Å². The summed E-state index contributed by atoms with van der Waals surface area (Å²) in [6.45, 7) is 3.03. The van der Waals surface area contributed by atoms with E-state index in [1.807, 2.05) is 0 Å². The minimum absolute atomic E-state index is 0.376. The molecule has 78 valence electrons. The zero-order valence-corrected chi connectivity index (χ0v) is 8.37. The second-order valence-electron chi connectivity index (χ2n) is 3.67. The van der Waals surface area contributed by atoms with Crippen molar-refractivity contribution in [2.45, 2.75) is 43.9 Å². The molecule has 0 radical (unpaired) electrons. The normalized spacial score (nSPS) is 23.2. The fourth-order valence-electron chi connectivity index (χ4n) is 1.11. The molecule has 0 atom stereocenters. The highest BCUT2D eigenvalue weighted by Crippen LogP contribution is 2.37. The van der Waals surface area contributed by atoms with Crippen molar-refractivity contribution in [1.82, 2.24) is 4.72 Å². The van der Waals surface area contributed by atoms with E-state index in [4.69, 9.17) is 0 Å². The van der Waals surface area contributed by atoms with Crippen LogP contribution in [-0.4, -0.2) is 25.6 Å². The molecule has 1 aliphatic rings. The lowest BCUT2D eigenvalue weighted by atomic mass is 9.89. The lowest BCUT2D eigenvalue weighted by Crippen LogP contribution is -2.51. The van der Waals surface area contributed by atoms with Gasteiger partial charge in [-0.3, -0.25) is 0 Å². The Hall–Kier alpha value is -0.230. The number of nitrogens with one attached hydrogen (secondary N) is 1. The van der Waals surface area contributed by atoms with E-state index in [0.717, 1.165) is 0 Å². The summed E-state index contributed by atoms with van der Waals surface area (Å²) in [6, 6.07) is -0.581. The summed E-state index contributed by atoms with van der Waals surface area (Å²) in [5, 5.41) is -0.568. The summed E-state index contributed by atoms with van der Waals surface area (Å²) in [5.74, 6) is -2.68. The maximum Gasteiger partial charge on any atom is 0.251 e. The monoisotopic (exact) mass is 213 g/mol. The zero-order valence-electron chi connectivity index (χ0n) is 7.55. The zero-order chi connectivity index (χ0) is 10.3. The van der Waals surface area contributed by atoms with Crippen LogP contribution in [0.5, 0.6) is 0 Å². The SMILES string of the molecule is CC(C)S(=O)(=O)NC1CC(F)(F)C1. The van der Waals surface area contributed by atoms with Gasteiger partial charge in [0.15, 0.2) is 0 Å². The Morgan fingerprint density at radius 3 is 2.15 bits per heavy atom. The number of sulfonamides is 1. The van der Waals surface area contributed by atoms with E-state index in [1.165, 1.54) is 13.8 Å². The van der Waals surface area contributed by atoms with Crippen molar-refractivity contribution < 1.29 is 17.2 Å². The molecule has 6 heteroatoms. The third kappa shape index (κ3) is 2.60. The molecule has 0 heterocycles. The number of rotatable bonds is 3. The molecule has 0 bridgehead atoms. The molecule has 0 saturated heterocycles. The summed E-state index contributed by atoms with van der Waals surface area (Å²) in [5.41, 5.74) is 0. The van der Waals surface area contributed by atoms with Crippen LogP contribution >= 0.6 is 0 Å². The minimum atomic E-state index is -3.39. The molecule has 13 heavy (non-hydrogen) atoms. The molecule has 0 aromatic rings. The Labute approximate surface area is 76.6 Å². The maximum atomic E-state index is 12.3. The van der Waals surface area contributed by atoms with Gasteiger partial charge in [0.2, 0.25) is 10.0 Å². The third-order valence-corrected chi connectivity index (χ3v) is 3.94. The second kappa shape index (κ2) is 3.16. The molecule has 1 N–H and O–H groups in total. The van der Waals surface area contributed by atoms with Crippen molar-refractivity contribution in [2.75, 3.05) is 0 Å². The molecule has 1 saturated carbocycles. The number of hydrogen-bond donors (Lipinski definition) is 1. The van der Waals surface area contributed by atoms with E-state index in [9.17, 15) is 17.2 Å². The first-order valence-electron chi connectivity index (χ1n) is 4.12. The van der Waals surface area contributed by atoms with Crippen LogP contribution in [0.3, 0.4) is 0 Å².